The lowest BCUT2D eigenvalue weighted by Crippen LogP contribution is -2.09. The van der Waals surface area contributed by atoms with E-state index in [1.165, 1.54) is 0 Å². The number of carbonyl (C=O) groups is 1. The fraction of sp³-hybridized carbons (Fsp3) is 0.333. The van der Waals surface area contributed by atoms with Crippen LogP contribution in [0.25, 0.3) is 27.8 Å². The molecule has 0 amide bonds. The minimum atomic E-state index is -0.474. The van der Waals surface area contributed by atoms with Gasteiger partial charge >= 0.3 is 5.97 Å². The lowest BCUT2D eigenvalue weighted by atomic mass is 9.98. The number of halogens is 1. The Labute approximate surface area is 219 Å². The third kappa shape index (κ3) is 5.57. The molecular formula is C27H30BrN5O3. The Bertz CT molecular complexity index is 1350. The summed E-state index contributed by atoms with van der Waals surface area (Å²) >= 11 is 3.55. The summed E-state index contributed by atoms with van der Waals surface area (Å²) in [6.45, 7) is 7.70. The van der Waals surface area contributed by atoms with Crippen LogP contribution in [-0.2, 0) is 9.47 Å². The van der Waals surface area contributed by atoms with Crippen LogP contribution in [0.1, 0.15) is 49.3 Å². The third-order valence-electron chi connectivity index (χ3n) is 5.65. The van der Waals surface area contributed by atoms with E-state index in [1.54, 1.807) is 24.8 Å². The lowest BCUT2D eigenvalue weighted by molar-refractivity contribution is 0.0520. The van der Waals surface area contributed by atoms with Gasteiger partial charge in [-0.15, -0.1) is 0 Å². The molecule has 0 fully saturated rings. The highest BCUT2D eigenvalue weighted by Gasteiger charge is 2.23. The van der Waals surface area contributed by atoms with Crippen molar-refractivity contribution in [2.75, 3.05) is 32.2 Å². The number of nitrogens with zero attached hydrogens (tertiary/aromatic N) is 4. The highest BCUT2D eigenvalue weighted by Crippen LogP contribution is 2.36. The van der Waals surface area contributed by atoms with Crippen LogP contribution in [0.3, 0.4) is 0 Å². The molecule has 3 aromatic heterocycles. The maximum Gasteiger partial charge on any atom is 0.357 e. The number of aromatic nitrogens is 4. The Hall–Kier alpha value is -3.30. The van der Waals surface area contributed by atoms with Crippen molar-refractivity contribution in [2.45, 2.75) is 33.1 Å². The molecule has 4 aromatic rings. The molecule has 36 heavy (non-hydrogen) atoms. The van der Waals surface area contributed by atoms with Gasteiger partial charge in [-0.3, -0.25) is 0 Å². The second-order valence-corrected chi connectivity index (χ2v) is 9.53. The molecule has 4 rings (SSSR count). The van der Waals surface area contributed by atoms with Gasteiger partial charge in [0.05, 0.1) is 23.4 Å². The largest absolute Gasteiger partial charge is 0.461 e. The predicted octanol–water partition coefficient (Wildman–Crippen LogP) is 5.99. The van der Waals surface area contributed by atoms with Crippen molar-refractivity contribution in [3.05, 3.63) is 64.5 Å². The van der Waals surface area contributed by atoms with Crippen molar-refractivity contribution >= 4 is 38.8 Å². The van der Waals surface area contributed by atoms with Crippen molar-refractivity contribution in [1.82, 2.24) is 19.7 Å². The number of pyridine rings is 2. The van der Waals surface area contributed by atoms with Gasteiger partial charge in [-0.1, -0.05) is 35.8 Å². The summed E-state index contributed by atoms with van der Waals surface area (Å²) in [6, 6.07) is 13.5. The van der Waals surface area contributed by atoms with Crippen LogP contribution < -0.4 is 5.32 Å². The molecule has 0 radical (unpaired) electrons. The molecule has 0 bridgehead atoms. The van der Waals surface area contributed by atoms with E-state index in [9.17, 15) is 4.79 Å². The Balaban J connectivity index is 1.88. The quantitative estimate of drug-likeness (QED) is 0.191. The molecule has 3 heterocycles. The van der Waals surface area contributed by atoms with E-state index in [2.05, 4.69) is 40.1 Å². The first-order valence-electron chi connectivity index (χ1n) is 12.0. The van der Waals surface area contributed by atoms with Gasteiger partial charge in [0.2, 0.25) is 0 Å². The molecule has 0 atom stereocenters. The van der Waals surface area contributed by atoms with Gasteiger partial charge in [0.15, 0.2) is 11.3 Å². The molecule has 0 aliphatic heterocycles. The Morgan fingerprint density at radius 1 is 1.19 bits per heavy atom. The average molecular weight is 552 g/mol. The number of hydrogen-bond donors (Lipinski definition) is 1. The SMILES string of the molecule is CCOC(=O)c1cc(-c2ccc(NCCCOC)nc2)c2c(C(C)C)nn(-c3cccc(Br)c3)c2n1. The standard InChI is InChI=1S/C27H30BrN5O3/c1-5-36-27(34)22-15-21(18-10-11-23(30-16-18)29-12-7-13-35-4)24-25(17(2)3)32-33(26(24)31-22)20-9-6-8-19(28)14-20/h6,8-11,14-17H,5,7,12-13H2,1-4H3,(H,29,30). The summed E-state index contributed by atoms with van der Waals surface area (Å²) in [6.07, 6.45) is 2.70. The summed E-state index contributed by atoms with van der Waals surface area (Å²) in [5.74, 6) is 0.433. The smallest absolute Gasteiger partial charge is 0.357 e. The summed E-state index contributed by atoms with van der Waals surface area (Å²) in [4.78, 5) is 22.1. The highest BCUT2D eigenvalue weighted by atomic mass is 79.9. The first-order chi connectivity index (χ1) is 17.4. The van der Waals surface area contributed by atoms with Crippen molar-refractivity contribution in [2.24, 2.45) is 0 Å². The third-order valence-corrected chi connectivity index (χ3v) is 6.15. The van der Waals surface area contributed by atoms with Crippen LogP contribution in [0.4, 0.5) is 5.82 Å². The number of hydrogen-bond acceptors (Lipinski definition) is 7. The number of nitrogens with one attached hydrogen (secondary N) is 1. The molecular weight excluding hydrogens is 522 g/mol. The molecule has 0 unspecified atom stereocenters. The minimum Gasteiger partial charge on any atom is -0.461 e. The first-order valence-corrected chi connectivity index (χ1v) is 12.8. The van der Waals surface area contributed by atoms with Crippen molar-refractivity contribution in [3.8, 4) is 16.8 Å². The van der Waals surface area contributed by atoms with Gasteiger partial charge in [-0.25, -0.2) is 19.4 Å². The Morgan fingerprint density at radius 3 is 2.69 bits per heavy atom. The van der Waals surface area contributed by atoms with E-state index in [1.807, 2.05) is 42.6 Å². The highest BCUT2D eigenvalue weighted by molar-refractivity contribution is 9.10. The number of fused-ring (bicyclic) bond motifs is 1. The van der Waals surface area contributed by atoms with E-state index < -0.39 is 5.97 Å². The first kappa shape index (κ1) is 25.8. The zero-order valence-electron chi connectivity index (χ0n) is 20.9. The number of ether oxygens (including phenoxy) is 2. The maximum absolute atomic E-state index is 12.8. The van der Waals surface area contributed by atoms with Crippen molar-refractivity contribution in [1.29, 1.82) is 0 Å². The fourth-order valence-electron chi connectivity index (χ4n) is 3.96. The number of benzene rings is 1. The second-order valence-electron chi connectivity index (χ2n) is 8.61. The molecule has 1 N–H and O–H groups in total. The summed E-state index contributed by atoms with van der Waals surface area (Å²) in [5.41, 5.74) is 4.27. The molecule has 1 aromatic carbocycles. The van der Waals surface area contributed by atoms with Crippen LogP contribution in [-0.4, -0.2) is 52.6 Å². The van der Waals surface area contributed by atoms with E-state index in [0.29, 0.717) is 12.3 Å². The van der Waals surface area contributed by atoms with Crippen LogP contribution >= 0.6 is 15.9 Å². The zero-order chi connectivity index (χ0) is 25.7. The van der Waals surface area contributed by atoms with Crippen LogP contribution in [0, 0.1) is 0 Å². The van der Waals surface area contributed by atoms with Gasteiger partial charge in [-0.05, 0) is 61.2 Å². The Morgan fingerprint density at radius 2 is 2.03 bits per heavy atom. The van der Waals surface area contributed by atoms with E-state index in [-0.39, 0.29) is 18.2 Å². The summed E-state index contributed by atoms with van der Waals surface area (Å²) in [7, 11) is 1.69. The molecule has 188 valence electrons. The van der Waals surface area contributed by atoms with Gasteiger partial charge in [0, 0.05) is 36.5 Å². The summed E-state index contributed by atoms with van der Waals surface area (Å²) in [5, 5.41) is 9.14. The van der Waals surface area contributed by atoms with Crippen molar-refractivity contribution < 1.29 is 14.3 Å². The normalized spacial score (nSPS) is 11.3. The van der Waals surface area contributed by atoms with Crippen LogP contribution in [0.15, 0.2) is 53.1 Å². The number of carbonyl (C=O) groups excluding carboxylic acids is 1. The van der Waals surface area contributed by atoms with Gasteiger partial charge in [0.1, 0.15) is 5.82 Å². The molecule has 0 saturated carbocycles. The monoisotopic (exact) mass is 551 g/mol. The number of esters is 1. The number of anilines is 1. The van der Waals surface area contributed by atoms with Gasteiger partial charge in [-0.2, -0.15) is 5.10 Å². The molecule has 0 aliphatic carbocycles. The van der Waals surface area contributed by atoms with Crippen LogP contribution in [0.2, 0.25) is 0 Å². The second kappa shape index (κ2) is 11.6. The fourth-order valence-corrected chi connectivity index (χ4v) is 4.35. The molecule has 0 aliphatic rings. The van der Waals surface area contributed by atoms with E-state index in [0.717, 1.165) is 51.2 Å². The molecule has 0 saturated heterocycles. The minimum absolute atomic E-state index is 0.129. The zero-order valence-corrected chi connectivity index (χ0v) is 22.5. The topological polar surface area (TPSA) is 91.2 Å². The maximum atomic E-state index is 12.8. The number of methoxy groups -OCH3 is 1. The van der Waals surface area contributed by atoms with Gasteiger partial charge < -0.3 is 14.8 Å². The predicted molar refractivity (Wildman–Crippen MR) is 145 cm³/mol. The van der Waals surface area contributed by atoms with Crippen LogP contribution in [0.5, 0.6) is 0 Å². The lowest BCUT2D eigenvalue weighted by Gasteiger charge is -2.11. The van der Waals surface area contributed by atoms with E-state index in [4.69, 9.17) is 19.6 Å². The Kier molecular flexibility index (Phi) is 8.32. The average Bonchev–Trinajstić information content (AvgIpc) is 3.27. The van der Waals surface area contributed by atoms with Gasteiger partial charge in [0.25, 0.3) is 0 Å². The van der Waals surface area contributed by atoms with E-state index >= 15 is 0 Å². The van der Waals surface area contributed by atoms with Crippen molar-refractivity contribution in [3.63, 3.8) is 0 Å². The molecule has 0 spiro atoms. The summed E-state index contributed by atoms with van der Waals surface area (Å²) < 4.78 is 13.1. The molecule has 8 nitrogen and oxygen atoms in total. The molecule has 9 heteroatoms. The number of rotatable bonds is 10.